The second-order valence-corrected chi connectivity index (χ2v) is 4.94. The molecule has 0 heterocycles. The van der Waals surface area contributed by atoms with Crippen LogP contribution in [0.15, 0.2) is 24.3 Å². The standard InChI is InChI=1S/C15H23NO2/c1-3-7-16-13-9-15(10-13)18-14-6-4-5-12(8-14)11-17-2/h4-6,8,13,15-16H,3,7,9-11H2,1-2H3. The summed E-state index contributed by atoms with van der Waals surface area (Å²) in [4.78, 5) is 0. The van der Waals surface area contributed by atoms with E-state index in [4.69, 9.17) is 9.47 Å². The van der Waals surface area contributed by atoms with Gasteiger partial charge in [-0.2, -0.15) is 0 Å². The zero-order valence-electron chi connectivity index (χ0n) is 11.3. The summed E-state index contributed by atoms with van der Waals surface area (Å²) in [6.45, 7) is 3.95. The summed E-state index contributed by atoms with van der Waals surface area (Å²) in [5.41, 5.74) is 1.16. The zero-order chi connectivity index (χ0) is 12.8. The number of ether oxygens (including phenoxy) is 2. The first-order chi connectivity index (χ1) is 8.81. The average Bonchev–Trinajstić information content (AvgIpc) is 2.33. The lowest BCUT2D eigenvalue weighted by molar-refractivity contribution is 0.0849. The number of nitrogens with one attached hydrogen (secondary N) is 1. The van der Waals surface area contributed by atoms with Crippen molar-refractivity contribution in [3.63, 3.8) is 0 Å². The Morgan fingerprint density at radius 3 is 2.89 bits per heavy atom. The SMILES string of the molecule is CCCNC1CC(Oc2cccc(COC)c2)C1. The molecule has 3 heteroatoms. The van der Waals surface area contributed by atoms with Gasteiger partial charge in [-0.3, -0.25) is 0 Å². The monoisotopic (exact) mass is 249 g/mol. The van der Waals surface area contributed by atoms with Gasteiger partial charge < -0.3 is 14.8 Å². The van der Waals surface area contributed by atoms with Crippen LogP contribution >= 0.6 is 0 Å². The minimum atomic E-state index is 0.372. The maximum Gasteiger partial charge on any atom is 0.120 e. The molecule has 0 spiro atoms. The minimum absolute atomic E-state index is 0.372. The second kappa shape index (κ2) is 6.76. The molecule has 0 radical (unpaired) electrons. The molecular formula is C15H23NO2. The van der Waals surface area contributed by atoms with E-state index in [1.54, 1.807) is 7.11 Å². The van der Waals surface area contributed by atoms with E-state index in [9.17, 15) is 0 Å². The highest BCUT2D eigenvalue weighted by molar-refractivity contribution is 5.28. The molecule has 18 heavy (non-hydrogen) atoms. The highest BCUT2D eigenvalue weighted by Crippen LogP contribution is 2.26. The molecule has 0 aromatic heterocycles. The summed E-state index contributed by atoms with van der Waals surface area (Å²) < 4.78 is 11.1. The van der Waals surface area contributed by atoms with Crippen LogP contribution in [0, 0.1) is 0 Å². The molecular weight excluding hydrogens is 226 g/mol. The van der Waals surface area contributed by atoms with Crippen molar-refractivity contribution in [2.24, 2.45) is 0 Å². The molecule has 0 atom stereocenters. The van der Waals surface area contributed by atoms with Crippen LogP contribution in [-0.2, 0) is 11.3 Å². The van der Waals surface area contributed by atoms with Crippen LogP contribution in [0.25, 0.3) is 0 Å². The first-order valence-corrected chi connectivity index (χ1v) is 6.79. The predicted octanol–water partition coefficient (Wildman–Crippen LogP) is 2.74. The van der Waals surface area contributed by atoms with Gasteiger partial charge in [0.05, 0.1) is 6.61 Å². The van der Waals surface area contributed by atoms with E-state index in [0.717, 1.165) is 30.7 Å². The van der Waals surface area contributed by atoms with Crippen molar-refractivity contribution in [1.29, 1.82) is 0 Å². The highest BCUT2D eigenvalue weighted by atomic mass is 16.5. The van der Waals surface area contributed by atoms with Crippen molar-refractivity contribution in [3.05, 3.63) is 29.8 Å². The van der Waals surface area contributed by atoms with E-state index in [1.165, 1.54) is 6.42 Å². The summed E-state index contributed by atoms with van der Waals surface area (Å²) in [6, 6.07) is 8.82. The summed E-state index contributed by atoms with van der Waals surface area (Å²) in [6.07, 6.45) is 3.81. The Balaban J connectivity index is 1.76. The number of hydrogen-bond acceptors (Lipinski definition) is 3. The molecule has 0 saturated heterocycles. The normalized spacial score (nSPS) is 22.6. The Bertz CT molecular complexity index is 361. The lowest BCUT2D eigenvalue weighted by Crippen LogP contribution is -2.46. The molecule has 1 fully saturated rings. The Morgan fingerprint density at radius 2 is 2.17 bits per heavy atom. The molecule has 0 aliphatic heterocycles. The smallest absolute Gasteiger partial charge is 0.120 e. The Morgan fingerprint density at radius 1 is 1.33 bits per heavy atom. The van der Waals surface area contributed by atoms with Gasteiger partial charge in [0, 0.05) is 13.2 Å². The van der Waals surface area contributed by atoms with Gasteiger partial charge in [-0.05, 0) is 43.5 Å². The minimum Gasteiger partial charge on any atom is -0.490 e. The van der Waals surface area contributed by atoms with Crippen LogP contribution in [-0.4, -0.2) is 25.8 Å². The molecule has 1 aliphatic carbocycles. The molecule has 100 valence electrons. The first-order valence-electron chi connectivity index (χ1n) is 6.79. The third-order valence-electron chi connectivity index (χ3n) is 3.29. The zero-order valence-corrected chi connectivity index (χ0v) is 11.3. The summed E-state index contributed by atoms with van der Waals surface area (Å²) in [5, 5.41) is 3.52. The van der Waals surface area contributed by atoms with Gasteiger partial charge in [0.2, 0.25) is 0 Å². The van der Waals surface area contributed by atoms with Crippen LogP contribution in [0.2, 0.25) is 0 Å². The van der Waals surface area contributed by atoms with Crippen molar-refractivity contribution < 1.29 is 9.47 Å². The van der Waals surface area contributed by atoms with Crippen molar-refractivity contribution in [1.82, 2.24) is 5.32 Å². The molecule has 1 aromatic rings. The molecule has 0 bridgehead atoms. The van der Waals surface area contributed by atoms with E-state index in [2.05, 4.69) is 24.4 Å². The third kappa shape index (κ3) is 3.72. The fraction of sp³-hybridized carbons (Fsp3) is 0.600. The van der Waals surface area contributed by atoms with Gasteiger partial charge in [-0.15, -0.1) is 0 Å². The largest absolute Gasteiger partial charge is 0.490 e. The van der Waals surface area contributed by atoms with Crippen molar-refractivity contribution in [3.8, 4) is 5.75 Å². The van der Waals surface area contributed by atoms with Gasteiger partial charge in [0.25, 0.3) is 0 Å². The molecule has 0 unspecified atom stereocenters. The molecule has 1 aliphatic rings. The van der Waals surface area contributed by atoms with E-state index in [0.29, 0.717) is 18.8 Å². The number of methoxy groups -OCH3 is 1. The van der Waals surface area contributed by atoms with Gasteiger partial charge >= 0.3 is 0 Å². The molecule has 2 rings (SSSR count). The maximum absolute atomic E-state index is 5.95. The third-order valence-corrected chi connectivity index (χ3v) is 3.29. The predicted molar refractivity (Wildman–Crippen MR) is 72.9 cm³/mol. The molecule has 3 nitrogen and oxygen atoms in total. The lowest BCUT2D eigenvalue weighted by Gasteiger charge is -2.36. The molecule has 1 saturated carbocycles. The van der Waals surface area contributed by atoms with E-state index in [1.807, 2.05) is 12.1 Å². The second-order valence-electron chi connectivity index (χ2n) is 4.94. The van der Waals surface area contributed by atoms with E-state index < -0.39 is 0 Å². The fourth-order valence-electron chi connectivity index (χ4n) is 2.24. The number of benzene rings is 1. The molecule has 1 N–H and O–H groups in total. The lowest BCUT2D eigenvalue weighted by atomic mass is 9.89. The Kier molecular flexibility index (Phi) is 5.02. The van der Waals surface area contributed by atoms with Gasteiger partial charge in [-0.25, -0.2) is 0 Å². The maximum atomic E-state index is 5.95. The van der Waals surface area contributed by atoms with Crippen LogP contribution in [0.5, 0.6) is 5.75 Å². The summed E-state index contributed by atoms with van der Waals surface area (Å²) in [5.74, 6) is 0.962. The first kappa shape index (κ1) is 13.4. The summed E-state index contributed by atoms with van der Waals surface area (Å²) >= 11 is 0. The Hall–Kier alpha value is -1.06. The van der Waals surface area contributed by atoms with Crippen molar-refractivity contribution >= 4 is 0 Å². The van der Waals surface area contributed by atoms with E-state index in [-0.39, 0.29) is 0 Å². The van der Waals surface area contributed by atoms with Crippen LogP contribution in [0.3, 0.4) is 0 Å². The summed E-state index contributed by atoms with van der Waals surface area (Å²) in [7, 11) is 1.71. The van der Waals surface area contributed by atoms with Crippen LogP contribution in [0.4, 0.5) is 0 Å². The quantitative estimate of drug-likeness (QED) is 0.806. The fourth-order valence-corrected chi connectivity index (χ4v) is 2.24. The highest BCUT2D eigenvalue weighted by Gasteiger charge is 2.30. The van der Waals surface area contributed by atoms with Crippen LogP contribution < -0.4 is 10.1 Å². The number of rotatable bonds is 7. The number of hydrogen-bond donors (Lipinski definition) is 1. The van der Waals surface area contributed by atoms with Gasteiger partial charge in [-0.1, -0.05) is 19.1 Å². The van der Waals surface area contributed by atoms with Crippen molar-refractivity contribution in [2.45, 2.75) is 44.9 Å². The van der Waals surface area contributed by atoms with Gasteiger partial charge in [0.15, 0.2) is 0 Å². The van der Waals surface area contributed by atoms with Crippen molar-refractivity contribution in [2.75, 3.05) is 13.7 Å². The van der Waals surface area contributed by atoms with Crippen LogP contribution in [0.1, 0.15) is 31.7 Å². The average molecular weight is 249 g/mol. The van der Waals surface area contributed by atoms with Gasteiger partial charge in [0.1, 0.15) is 11.9 Å². The molecule has 1 aromatic carbocycles. The Labute approximate surface area is 109 Å². The molecule has 0 amide bonds. The topological polar surface area (TPSA) is 30.5 Å². The van der Waals surface area contributed by atoms with E-state index >= 15 is 0 Å².